The Hall–Kier alpha value is -0.353. The van der Waals surface area contributed by atoms with Crippen molar-refractivity contribution >= 4 is 14.0 Å². The Balaban J connectivity index is 1.61. The minimum absolute atomic E-state index is 0.0847. The molecule has 4 aliphatic carbocycles. The van der Waals surface area contributed by atoms with Crippen molar-refractivity contribution in [1.82, 2.24) is 0 Å². The van der Waals surface area contributed by atoms with Gasteiger partial charge in [0.05, 0.1) is 11.3 Å². The summed E-state index contributed by atoms with van der Waals surface area (Å²) in [5.74, 6) is 4.12. The second-order valence-corrected chi connectivity index (χ2v) is 17.0. The Morgan fingerprint density at radius 1 is 0.931 bits per heavy atom. The number of rotatable bonds is 3. The average Bonchev–Trinajstić information content (AvgIpc) is 2.86. The van der Waals surface area contributed by atoms with Gasteiger partial charge in [-0.1, -0.05) is 25.9 Å². The van der Waals surface area contributed by atoms with Crippen LogP contribution in [0.2, 0.25) is 19.6 Å². The smallest absolute Gasteiger partial charge is 0.184 e. The van der Waals surface area contributed by atoms with Crippen molar-refractivity contribution in [2.24, 2.45) is 45.6 Å². The van der Waals surface area contributed by atoms with E-state index in [-0.39, 0.29) is 5.60 Å². The molecule has 0 aromatic heterocycles. The maximum Gasteiger partial charge on any atom is 0.184 e. The molecule has 3 nitrogen and oxygen atoms in total. The van der Waals surface area contributed by atoms with E-state index < -0.39 is 8.32 Å². The number of fused-ring (bicyclic) bond motifs is 5. The first-order valence-electron chi connectivity index (χ1n) is 12.2. The molecule has 0 aliphatic heterocycles. The molecule has 4 rings (SSSR count). The van der Waals surface area contributed by atoms with E-state index in [4.69, 9.17) is 9.26 Å². The van der Waals surface area contributed by atoms with Gasteiger partial charge < -0.3 is 9.26 Å². The zero-order valence-electron chi connectivity index (χ0n) is 20.3. The molecule has 0 radical (unpaired) electrons. The van der Waals surface area contributed by atoms with Gasteiger partial charge in [0.2, 0.25) is 0 Å². The molecule has 4 heteroatoms. The van der Waals surface area contributed by atoms with Gasteiger partial charge in [0.15, 0.2) is 8.32 Å². The third-order valence-corrected chi connectivity index (χ3v) is 11.4. The minimum atomic E-state index is -1.56. The largest absolute Gasteiger partial charge is 0.412 e. The van der Waals surface area contributed by atoms with Gasteiger partial charge in [0.1, 0.15) is 7.11 Å². The topological polar surface area (TPSA) is 30.8 Å². The Labute approximate surface area is 180 Å². The van der Waals surface area contributed by atoms with E-state index >= 15 is 0 Å². The quantitative estimate of drug-likeness (QED) is 0.368. The minimum Gasteiger partial charge on any atom is -0.412 e. The molecule has 4 saturated carbocycles. The van der Waals surface area contributed by atoms with Crippen molar-refractivity contribution in [3.8, 4) is 0 Å². The van der Waals surface area contributed by atoms with E-state index in [0.29, 0.717) is 16.7 Å². The highest BCUT2D eigenvalue weighted by molar-refractivity contribution is 6.69. The molecule has 166 valence electrons. The predicted octanol–water partition coefficient (Wildman–Crippen LogP) is 6.89. The summed E-state index contributed by atoms with van der Waals surface area (Å²) in [6, 6.07) is 0. The number of hydrogen-bond acceptors (Lipinski definition) is 3. The summed E-state index contributed by atoms with van der Waals surface area (Å²) in [7, 11) is 0.142. The van der Waals surface area contributed by atoms with E-state index in [2.05, 4.69) is 52.5 Å². The van der Waals surface area contributed by atoms with E-state index in [0.717, 1.165) is 36.5 Å². The van der Waals surface area contributed by atoms with E-state index in [1.807, 2.05) is 0 Å². The first-order valence-corrected chi connectivity index (χ1v) is 15.6. The fourth-order valence-electron chi connectivity index (χ4n) is 8.77. The Kier molecular flexibility index (Phi) is 5.34. The molecule has 0 aromatic rings. The van der Waals surface area contributed by atoms with Crippen LogP contribution in [0.4, 0.5) is 0 Å². The van der Waals surface area contributed by atoms with Crippen molar-refractivity contribution < 1.29 is 9.26 Å². The lowest BCUT2D eigenvalue weighted by atomic mass is 9.42. The lowest BCUT2D eigenvalue weighted by Gasteiger charge is -2.63. The molecule has 0 amide bonds. The molecule has 0 aromatic carbocycles. The molecule has 0 spiro atoms. The first-order chi connectivity index (χ1) is 13.4. The van der Waals surface area contributed by atoms with Crippen molar-refractivity contribution in [2.45, 2.75) is 104 Å². The Morgan fingerprint density at radius 3 is 2.28 bits per heavy atom. The molecule has 4 aliphatic rings. The van der Waals surface area contributed by atoms with Crippen LogP contribution in [0.1, 0.15) is 79.1 Å². The fraction of sp³-hybridized carbons (Fsp3) is 0.960. The number of nitrogens with zero attached hydrogens (tertiary/aromatic N) is 1. The van der Waals surface area contributed by atoms with Gasteiger partial charge in [-0.15, -0.1) is 0 Å². The van der Waals surface area contributed by atoms with Crippen LogP contribution in [0.5, 0.6) is 0 Å². The standard InChI is InChI=1S/C25H45NO2Si/c1-17-15-19(26-27-5)16-18-9-10-20-21-12-14-24(3,28-29(6,7)8)23(21,2)13-11-22(20)25(17,18)4/h17-18,20-22H,9-16H2,1-8H3/b26-19+. The van der Waals surface area contributed by atoms with Crippen LogP contribution in [-0.2, 0) is 9.26 Å². The second kappa shape index (κ2) is 7.08. The highest BCUT2D eigenvalue weighted by atomic mass is 28.4. The zero-order chi connectivity index (χ0) is 21.2. The van der Waals surface area contributed by atoms with E-state index in [9.17, 15) is 0 Å². The van der Waals surface area contributed by atoms with E-state index in [1.54, 1.807) is 7.11 Å². The van der Waals surface area contributed by atoms with Crippen molar-refractivity contribution in [3.63, 3.8) is 0 Å². The zero-order valence-corrected chi connectivity index (χ0v) is 21.3. The number of oxime groups is 1. The van der Waals surface area contributed by atoms with Gasteiger partial charge in [-0.2, -0.15) is 0 Å². The second-order valence-electron chi connectivity index (χ2n) is 12.6. The van der Waals surface area contributed by atoms with Gasteiger partial charge in [-0.05, 0) is 118 Å². The summed E-state index contributed by atoms with van der Waals surface area (Å²) in [5.41, 5.74) is 2.22. The maximum absolute atomic E-state index is 6.94. The summed E-state index contributed by atoms with van der Waals surface area (Å²) < 4.78 is 6.94. The van der Waals surface area contributed by atoms with Gasteiger partial charge >= 0.3 is 0 Å². The third kappa shape index (κ3) is 3.26. The molecular formula is C25H45NO2Si. The normalized spacial score (nSPS) is 51.3. The average molecular weight is 420 g/mol. The van der Waals surface area contributed by atoms with Crippen LogP contribution in [0.25, 0.3) is 0 Å². The van der Waals surface area contributed by atoms with Crippen LogP contribution in [-0.4, -0.2) is 26.7 Å². The van der Waals surface area contributed by atoms with Crippen LogP contribution in [0.15, 0.2) is 5.16 Å². The Bertz CT molecular complexity index is 672. The number of hydrogen-bond donors (Lipinski definition) is 0. The van der Waals surface area contributed by atoms with Gasteiger partial charge in [-0.3, -0.25) is 0 Å². The molecule has 4 fully saturated rings. The molecular weight excluding hydrogens is 374 g/mol. The highest BCUT2D eigenvalue weighted by Gasteiger charge is 2.65. The van der Waals surface area contributed by atoms with Crippen molar-refractivity contribution in [2.75, 3.05) is 7.11 Å². The molecule has 0 saturated heterocycles. The molecule has 8 atom stereocenters. The lowest BCUT2D eigenvalue weighted by molar-refractivity contribution is -0.147. The SMILES string of the molecule is CO/N=C1\CC(C)C2(C)C(CCC3C2CCC2(C)C3CCC2(C)O[Si](C)(C)C)C1. The lowest BCUT2D eigenvalue weighted by Crippen LogP contribution is -2.59. The van der Waals surface area contributed by atoms with Gasteiger partial charge in [0.25, 0.3) is 0 Å². The summed E-state index contributed by atoms with van der Waals surface area (Å²) in [6.07, 6.45) is 10.5. The van der Waals surface area contributed by atoms with Crippen LogP contribution in [0.3, 0.4) is 0 Å². The summed E-state index contributed by atoms with van der Waals surface area (Å²) >= 11 is 0. The van der Waals surface area contributed by atoms with Crippen molar-refractivity contribution in [3.05, 3.63) is 0 Å². The monoisotopic (exact) mass is 419 g/mol. The summed E-state index contributed by atoms with van der Waals surface area (Å²) in [6.45, 7) is 17.3. The fourth-order valence-corrected chi connectivity index (χ4v) is 10.5. The van der Waals surface area contributed by atoms with Crippen LogP contribution >= 0.6 is 0 Å². The maximum atomic E-state index is 6.94. The molecule has 0 heterocycles. The van der Waals surface area contributed by atoms with Crippen LogP contribution < -0.4 is 0 Å². The van der Waals surface area contributed by atoms with Crippen LogP contribution in [0, 0.1) is 40.4 Å². The predicted molar refractivity (Wildman–Crippen MR) is 124 cm³/mol. The molecule has 0 bridgehead atoms. The third-order valence-electron chi connectivity index (χ3n) is 10.3. The van der Waals surface area contributed by atoms with Gasteiger partial charge in [-0.25, -0.2) is 0 Å². The molecule has 29 heavy (non-hydrogen) atoms. The first kappa shape index (κ1) is 21.9. The Morgan fingerprint density at radius 2 is 1.62 bits per heavy atom. The van der Waals surface area contributed by atoms with Gasteiger partial charge in [0, 0.05) is 0 Å². The molecule has 8 unspecified atom stereocenters. The molecule has 0 N–H and O–H groups in total. The van der Waals surface area contributed by atoms with Crippen molar-refractivity contribution in [1.29, 1.82) is 0 Å². The van der Waals surface area contributed by atoms with E-state index in [1.165, 1.54) is 44.2 Å². The highest BCUT2D eigenvalue weighted by Crippen LogP contribution is 2.69. The summed E-state index contributed by atoms with van der Waals surface area (Å²) in [5, 5.41) is 4.38. The summed E-state index contributed by atoms with van der Waals surface area (Å²) in [4.78, 5) is 5.16.